The molecule has 0 saturated carbocycles. The fourth-order valence-electron chi connectivity index (χ4n) is 2.09. The van der Waals surface area contributed by atoms with Crippen LogP contribution in [-0.2, 0) is 0 Å². The topological polar surface area (TPSA) is 12.0 Å². The lowest BCUT2D eigenvalue weighted by molar-refractivity contribution is 0.558. The number of hydrogen-bond donors (Lipinski definition) is 1. The SMILES string of the molecule is CCNC(c1cc(Br)cc(Br)c1)c1cc(Br)ccc1F. The van der Waals surface area contributed by atoms with E-state index in [0.717, 1.165) is 25.5 Å². The Balaban J connectivity index is 2.52. The van der Waals surface area contributed by atoms with Crippen molar-refractivity contribution < 1.29 is 4.39 Å². The Bertz CT molecular complexity index is 596. The van der Waals surface area contributed by atoms with Crippen molar-refractivity contribution in [1.82, 2.24) is 5.32 Å². The monoisotopic (exact) mass is 463 g/mol. The molecular weight excluding hydrogens is 453 g/mol. The molecule has 2 aromatic rings. The predicted molar refractivity (Wildman–Crippen MR) is 91.5 cm³/mol. The average Bonchev–Trinajstić information content (AvgIpc) is 2.38. The molecular formula is C15H13Br3FN. The summed E-state index contributed by atoms with van der Waals surface area (Å²) in [6.07, 6.45) is 0. The van der Waals surface area contributed by atoms with Crippen LogP contribution in [0.3, 0.4) is 0 Å². The summed E-state index contributed by atoms with van der Waals surface area (Å²) in [5.41, 5.74) is 1.64. The van der Waals surface area contributed by atoms with Crippen molar-refractivity contribution in [3.63, 3.8) is 0 Å². The van der Waals surface area contributed by atoms with E-state index in [1.807, 2.05) is 31.2 Å². The molecule has 0 aliphatic carbocycles. The summed E-state index contributed by atoms with van der Waals surface area (Å²) in [6, 6.07) is 10.8. The second-order valence-corrected chi connectivity index (χ2v) is 7.11. The fraction of sp³-hybridized carbons (Fsp3) is 0.200. The van der Waals surface area contributed by atoms with Gasteiger partial charge in [-0.2, -0.15) is 0 Å². The van der Waals surface area contributed by atoms with Gasteiger partial charge in [-0.25, -0.2) is 4.39 Å². The first-order chi connectivity index (χ1) is 9.51. The molecule has 1 N–H and O–H groups in total. The van der Waals surface area contributed by atoms with Crippen LogP contribution in [0.4, 0.5) is 4.39 Å². The minimum atomic E-state index is -0.213. The largest absolute Gasteiger partial charge is 0.306 e. The van der Waals surface area contributed by atoms with E-state index >= 15 is 0 Å². The van der Waals surface area contributed by atoms with Gasteiger partial charge in [-0.05, 0) is 48.5 Å². The molecule has 1 nitrogen and oxygen atoms in total. The highest BCUT2D eigenvalue weighted by atomic mass is 79.9. The van der Waals surface area contributed by atoms with E-state index in [1.54, 1.807) is 6.07 Å². The van der Waals surface area contributed by atoms with Gasteiger partial charge >= 0.3 is 0 Å². The molecule has 0 radical (unpaired) electrons. The molecule has 0 fully saturated rings. The van der Waals surface area contributed by atoms with Crippen molar-refractivity contribution in [2.75, 3.05) is 6.54 Å². The summed E-state index contributed by atoms with van der Waals surface area (Å²) in [4.78, 5) is 0. The molecule has 0 saturated heterocycles. The van der Waals surface area contributed by atoms with Gasteiger partial charge in [0.15, 0.2) is 0 Å². The van der Waals surface area contributed by atoms with Crippen molar-refractivity contribution in [3.8, 4) is 0 Å². The Labute approximate surface area is 143 Å². The van der Waals surface area contributed by atoms with Gasteiger partial charge in [0.25, 0.3) is 0 Å². The summed E-state index contributed by atoms with van der Waals surface area (Å²) in [5.74, 6) is -0.213. The molecule has 0 aliphatic heterocycles. The lowest BCUT2D eigenvalue weighted by Gasteiger charge is -2.20. The van der Waals surface area contributed by atoms with E-state index in [1.165, 1.54) is 6.07 Å². The van der Waals surface area contributed by atoms with E-state index in [-0.39, 0.29) is 11.9 Å². The fourth-order valence-corrected chi connectivity index (χ4v) is 3.80. The molecule has 0 aromatic heterocycles. The van der Waals surface area contributed by atoms with Crippen molar-refractivity contribution >= 4 is 47.8 Å². The second kappa shape index (κ2) is 7.16. The highest BCUT2D eigenvalue weighted by Crippen LogP contribution is 2.31. The minimum Gasteiger partial charge on any atom is -0.306 e. The number of nitrogens with one attached hydrogen (secondary N) is 1. The van der Waals surface area contributed by atoms with E-state index in [9.17, 15) is 4.39 Å². The molecule has 2 rings (SSSR count). The van der Waals surface area contributed by atoms with E-state index in [2.05, 4.69) is 53.1 Å². The molecule has 1 atom stereocenters. The van der Waals surface area contributed by atoms with Gasteiger partial charge in [-0.15, -0.1) is 0 Å². The molecule has 0 amide bonds. The third-order valence-electron chi connectivity index (χ3n) is 2.90. The Hall–Kier alpha value is -0.230. The summed E-state index contributed by atoms with van der Waals surface area (Å²) in [6.45, 7) is 2.76. The van der Waals surface area contributed by atoms with Crippen molar-refractivity contribution in [1.29, 1.82) is 0 Å². The van der Waals surface area contributed by atoms with Crippen molar-refractivity contribution in [3.05, 3.63) is 66.8 Å². The Morgan fingerprint density at radius 1 is 1.00 bits per heavy atom. The van der Waals surface area contributed by atoms with Gasteiger partial charge in [-0.1, -0.05) is 54.7 Å². The van der Waals surface area contributed by atoms with E-state index in [4.69, 9.17) is 0 Å². The molecule has 106 valence electrons. The second-order valence-electron chi connectivity index (χ2n) is 4.36. The standard InChI is InChI=1S/C15H13Br3FN/c1-2-20-15(9-5-11(17)7-12(18)6-9)13-8-10(16)3-4-14(13)19/h3-8,15,20H,2H2,1H3. The molecule has 0 aliphatic rings. The maximum absolute atomic E-state index is 14.1. The number of halogens is 4. The normalized spacial score (nSPS) is 12.4. The minimum absolute atomic E-state index is 0.189. The summed E-state index contributed by atoms with van der Waals surface area (Å²) < 4.78 is 16.9. The first-order valence-electron chi connectivity index (χ1n) is 6.15. The van der Waals surface area contributed by atoms with Gasteiger partial charge in [0, 0.05) is 19.0 Å². The first-order valence-corrected chi connectivity index (χ1v) is 8.53. The van der Waals surface area contributed by atoms with Crippen LogP contribution in [0.5, 0.6) is 0 Å². The van der Waals surface area contributed by atoms with Gasteiger partial charge in [0.2, 0.25) is 0 Å². The molecule has 0 heterocycles. The molecule has 0 bridgehead atoms. The predicted octanol–water partition coefficient (Wildman–Crippen LogP) is 5.81. The highest BCUT2D eigenvalue weighted by Gasteiger charge is 2.18. The number of hydrogen-bond acceptors (Lipinski definition) is 1. The van der Waals surface area contributed by atoms with Crippen LogP contribution in [-0.4, -0.2) is 6.54 Å². The van der Waals surface area contributed by atoms with Crippen LogP contribution < -0.4 is 5.32 Å². The van der Waals surface area contributed by atoms with Gasteiger partial charge in [0.1, 0.15) is 5.82 Å². The van der Waals surface area contributed by atoms with Crippen LogP contribution in [0.1, 0.15) is 24.1 Å². The highest BCUT2D eigenvalue weighted by molar-refractivity contribution is 9.11. The van der Waals surface area contributed by atoms with Crippen molar-refractivity contribution in [2.24, 2.45) is 0 Å². The third-order valence-corrected chi connectivity index (χ3v) is 4.30. The molecule has 5 heteroatoms. The van der Waals surface area contributed by atoms with Gasteiger partial charge in [0.05, 0.1) is 6.04 Å². The zero-order chi connectivity index (χ0) is 14.7. The Morgan fingerprint density at radius 3 is 2.25 bits per heavy atom. The zero-order valence-electron chi connectivity index (χ0n) is 10.8. The molecule has 0 spiro atoms. The van der Waals surface area contributed by atoms with Crippen LogP contribution >= 0.6 is 47.8 Å². The Morgan fingerprint density at radius 2 is 1.65 bits per heavy atom. The van der Waals surface area contributed by atoms with Crippen LogP contribution in [0.15, 0.2) is 49.8 Å². The van der Waals surface area contributed by atoms with Crippen LogP contribution in [0.25, 0.3) is 0 Å². The third kappa shape index (κ3) is 3.91. The maximum atomic E-state index is 14.1. The van der Waals surface area contributed by atoms with Crippen LogP contribution in [0.2, 0.25) is 0 Å². The van der Waals surface area contributed by atoms with Gasteiger partial charge < -0.3 is 5.32 Å². The smallest absolute Gasteiger partial charge is 0.128 e. The maximum Gasteiger partial charge on any atom is 0.128 e. The lowest BCUT2D eigenvalue weighted by Crippen LogP contribution is -2.23. The quantitative estimate of drug-likeness (QED) is 0.600. The summed E-state index contributed by atoms with van der Waals surface area (Å²) >= 11 is 10.4. The zero-order valence-corrected chi connectivity index (χ0v) is 15.5. The molecule has 1 unspecified atom stereocenters. The van der Waals surface area contributed by atoms with Gasteiger partial charge in [-0.3, -0.25) is 0 Å². The summed E-state index contributed by atoms with van der Waals surface area (Å²) in [5, 5.41) is 3.34. The number of rotatable bonds is 4. The van der Waals surface area contributed by atoms with Crippen LogP contribution in [0, 0.1) is 5.82 Å². The summed E-state index contributed by atoms with van der Waals surface area (Å²) in [7, 11) is 0. The Kier molecular flexibility index (Phi) is 5.78. The number of benzene rings is 2. The first kappa shape index (κ1) is 16.1. The van der Waals surface area contributed by atoms with E-state index < -0.39 is 0 Å². The average molecular weight is 466 g/mol. The van der Waals surface area contributed by atoms with E-state index in [0.29, 0.717) is 5.56 Å². The van der Waals surface area contributed by atoms with Crippen molar-refractivity contribution in [2.45, 2.75) is 13.0 Å². The molecule has 2 aromatic carbocycles. The lowest BCUT2D eigenvalue weighted by atomic mass is 9.98. The molecule has 20 heavy (non-hydrogen) atoms.